The number of esters is 1. The summed E-state index contributed by atoms with van der Waals surface area (Å²) in [6.07, 6.45) is 1.49. The lowest BCUT2D eigenvalue weighted by Crippen LogP contribution is -2.30. The molecule has 60 heavy (non-hydrogen) atoms. The van der Waals surface area contributed by atoms with Gasteiger partial charge in [0.05, 0.1) is 27.9 Å². The molecule has 6 aromatic rings. The quantitative estimate of drug-likeness (QED) is 0.0494. The molecule has 0 fully saturated rings. The number of thioether (sulfide) groups is 1. The Kier molecular flexibility index (Phi) is 14.4. The van der Waals surface area contributed by atoms with Gasteiger partial charge in [-0.25, -0.2) is 4.79 Å². The van der Waals surface area contributed by atoms with Gasteiger partial charge in [-0.2, -0.15) is 0 Å². The van der Waals surface area contributed by atoms with Gasteiger partial charge in [-0.15, -0.1) is 23.1 Å². The monoisotopic (exact) mass is 841 g/mol. The molecule has 0 radical (unpaired) electrons. The predicted molar refractivity (Wildman–Crippen MR) is 237 cm³/mol. The molecular formula is C47H43N3O8S2. The van der Waals surface area contributed by atoms with Crippen molar-refractivity contribution in [1.29, 1.82) is 0 Å². The van der Waals surface area contributed by atoms with E-state index in [1.807, 2.05) is 73.0 Å². The zero-order valence-corrected chi connectivity index (χ0v) is 35.2. The van der Waals surface area contributed by atoms with Gasteiger partial charge in [0.15, 0.2) is 11.5 Å². The zero-order valence-electron chi connectivity index (χ0n) is 33.6. The molecule has 1 unspecified atom stereocenters. The minimum atomic E-state index is -0.768. The number of benzene rings is 5. The number of hydrogen-bond donors (Lipinski definition) is 3. The fourth-order valence-corrected chi connectivity index (χ4v) is 8.17. The summed E-state index contributed by atoms with van der Waals surface area (Å²) in [5, 5.41) is 10.1. The molecule has 13 heteroatoms. The lowest BCUT2D eigenvalue weighted by Gasteiger charge is -2.18. The van der Waals surface area contributed by atoms with E-state index in [9.17, 15) is 19.2 Å². The molecule has 0 saturated carbocycles. The van der Waals surface area contributed by atoms with E-state index in [0.717, 1.165) is 16.7 Å². The first-order chi connectivity index (χ1) is 29.1. The third-order valence-corrected chi connectivity index (χ3v) is 11.3. The second-order valence-electron chi connectivity index (χ2n) is 13.1. The molecule has 306 valence electrons. The van der Waals surface area contributed by atoms with Gasteiger partial charge in [0, 0.05) is 38.7 Å². The van der Waals surface area contributed by atoms with Crippen LogP contribution >= 0.6 is 23.1 Å². The minimum Gasteiger partial charge on any atom is -0.496 e. The molecule has 3 amide bonds. The van der Waals surface area contributed by atoms with Crippen molar-refractivity contribution in [3.8, 4) is 28.4 Å². The van der Waals surface area contributed by atoms with E-state index in [1.54, 1.807) is 67.6 Å². The van der Waals surface area contributed by atoms with Gasteiger partial charge in [0.2, 0.25) is 5.91 Å². The molecule has 6 rings (SSSR count). The van der Waals surface area contributed by atoms with Crippen molar-refractivity contribution >= 4 is 63.6 Å². The van der Waals surface area contributed by atoms with Gasteiger partial charge in [-0.3, -0.25) is 14.4 Å². The van der Waals surface area contributed by atoms with Crippen LogP contribution in [0.4, 0.5) is 10.7 Å². The fraction of sp³-hybridized carbons (Fsp3) is 0.149. The number of thiophene rings is 1. The lowest BCUT2D eigenvalue weighted by molar-refractivity contribution is -0.116. The molecule has 0 aliphatic heterocycles. The number of rotatable bonds is 16. The standard InChI is InChI=1S/C47H43N3O8S2/c1-6-58-47(54)41-36(30-22-20-29(2)21-23-30)28-59-46(41)50-45(53)42(31-14-9-7-10-15-31)60-35-19-13-18-34(26-35)48-44(52)37(49-43(51)32-16-11-8-12-17-32)24-33-25-39(56-4)40(57-5)27-38(33)55-3/h7-28,42H,6H2,1-5H3,(H,48,52)(H,49,51)(H,50,53)/b37-24+. The molecule has 0 saturated heterocycles. The maximum Gasteiger partial charge on any atom is 0.341 e. The van der Waals surface area contributed by atoms with Crippen LogP contribution in [-0.4, -0.2) is 51.6 Å². The van der Waals surface area contributed by atoms with E-state index in [-0.39, 0.29) is 23.8 Å². The number of carbonyl (C=O) groups is 4. The highest BCUT2D eigenvalue weighted by Gasteiger charge is 2.28. The Hall–Kier alpha value is -6.83. The number of amides is 3. The van der Waals surface area contributed by atoms with E-state index in [2.05, 4.69) is 16.0 Å². The largest absolute Gasteiger partial charge is 0.496 e. The highest BCUT2D eigenvalue weighted by molar-refractivity contribution is 8.00. The van der Waals surface area contributed by atoms with Gasteiger partial charge in [-0.05, 0) is 67.4 Å². The normalized spacial score (nSPS) is 11.5. The second kappa shape index (κ2) is 20.2. The Labute approximate surface area is 356 Å². The number of aryl methyl sites for hydroxylation is 1. The summed E-state index contributed by atoms with van der Waals surface area (Å²) in [4.78, 5) is 55.8. The maximum atomic E-state index is 14.3. The van der Waals surface area contributed by atoms with E-state index >= 15 is 0 Å². The minimum absolute atomic E-state index is 0.0765. The van der Waals surface area contributed by atoms with Crippen LogP contribution in [-0.2, 0) is 14.3 Å². The van der Waals surface area contributed by atoms with E-state index < -0.39 is 23.0 Å². The summed E-state index contributed by atoms with van der Waals surface area (Å²) >= 11 is 2.52. The Morgan fingerprint density at radius 1 is 0.750 bits per heavy atom. The van der Waals surface area contributed by atoms with Crippen LogP contribution in [0.25, 0.3) is 17.2 Å². The summed E-state index contributed by atoms with van der Waals surface area (Å²) in [5.41, 5.74) is 4.70. The number of hydrogen-bond acceptors (Lipinski definition) is 10. The first-order valence-electron chi connectivity index (χ1n) is 18.8. The molecule has 1 aromatic heterocycles. The van der Waals surface area contributed by atoms with Crippen LogP contribution < -0.4 is 30.2 Å². The van der Waals surface area contributed by atoms with Gasteiger partial charge in [-0.1, -0.05) is 84.4 Å². The highest BCUT2D eigenvalue weighted by Crippen LogP contribution is 2.41. The molecule has 0 aliphatic rings. The Bertz CT molecular complexity index is 2500. The smallest absolute Gasteiger partial charge is 0.341 e. The molecule has 0 spiro atoms. The van der Waals surface area contributed by atoms with Crippen LogP contribution in [0.15, 0.2) is 137 Å². The van der Waals surface area contributed by atoms with Crippen LogP contribution in [0.3, 0.4) is 0 Å². The molecule has 1 heterocycles. The van der Waals surface area contributed by atoms with Crippen molar-refractivity contribution in [2.75, 3.05) is 38.6 Å². The van der Waals surface area contributed by atoms with E-state index in [1.165, 1.54) is 50.5 Å². The Morgan fingerprint density at radius 2 is 1.42 bits per heavy atom. The molecular weight excluding hydrogens is 799 g/mol. The van der Waals surface area contributed by atoms with Crippen molar-refractivity contribution in [1.82, 2.24) is 5.32 Å². The van der Waals surface area contributed by atoms with E-state index in [0.29, 0.717) is 49.5 Å². The highest BCUT2D eigenvalue weighted by atomic mass is 32.2. The van der Waals surface area contributed by atoms with Crippen LogP contribution in [0.1, 0.15) is 49.6 Å². The van der Waals surface area contributed by atoms with Crippen molar-refractivity contribution in [2.45, 2.75) is 24.0 Å². The summed E-state index contributed by atoms with van der Waals surface area (Å²) in [5.74, 6) is -0.827. The third kappa shape index (κ3) is 10.4. The van der Waals surface area contributed by atoms with Crippen LogP contribution in [0.5, 0.6) is 17.2 Å². The second-order valence-corrected chi connectivity index (χ2v) is 15.2. The maximum absolute atomic E-state index is 14.3. The lowest BCUT2D eigenvalue weighted by atomic mass is 10.0. The summed E-state index contributed by atoms with van der Waals surface area (Å²) < 4.78 is 21.9. The third-order valence-electron chi connectivity index (χ3n) is 9.12. The number of nitrogens with one attached hydrogen (secondary N) is 3. The molecule has 0 bridgehead atoms. The summed E-state index contributed by atoms with van der Waals surface area (Å²) in [6, 6.07) is 35.9. The summed E-state index contributed by atoms with van der Waals surface area (Å²) in [6.45, 7) is 3.90. The number of anilines is 2. The Morgan fingerprint density at radius 3 is 2.08 bits per heavy atom. The Balaban J connectivity index is 1.29. The van der Waals surface area contributed by atoms with Crippen molar-refractivity contribution in [2.24, 2.45) is 0 Å². The molecule has 11 nitrogen and oxygen atoms in total. The number of methoxy groups -OCH3 is 3. The van der Waals surface area contributed by atoms with Crippen molar-refractivity contribution in [3.05, 3.63) is 160 Å². The van der Waals surface area contributed by atoms with Gasteiger partial charge >= 0.3 is 5.97 Å². The first kappa shape index (κ1) is 42.8. The SMILES string of the molecule is CCOC(=O)c1c(-c2ccc(C)cc2)csc1NC(=O)C(Sc1cccc(NC(=O)/C(=C\c2cc(OC)c(OC)cc2OC)NC(=O)c2ccccc2)c1)c1ccccc1. The zero-order chi connectivity index (χ0) is 42.6. The molecule has 5 aromatic carbocycles. The number of ether oxygens (including phenoxy) is 4. The fourth-order valence-electron chi connectivity index (χ4n) is 6.12. The average molecular weight is 842 g/mol. The number of carbonyl (C=O) groups excluding carboxylic acids is 4. The topological polar surface area (TPSA) is 141 Å². The van der Waals surface area contributed by atoms with Crippen molar-refractivity contribution < 1.29 is 38.1 Å². The van der Waals surface area contributed by atoms with Crippen LogP contribution in [0.2, 0.25) is 0 Å². The molecule has 3 N–H and O–H groups in total. The van der Waals surface area contributed by atoms with Gasteiger partial charge < -0.3 is 34.9 Å². The van der Waals surface area contributed by atoms with Gasteiger partial charge in [0.1, 0.15) is 27.3 Å². The molecule has 1 atom stereocenters. The van der Waals surface area contributed by atoms with Crippen molar-refractivity contribution in [3.63, 3.8) is 0 Å². The van der Waals surface area contributed by atoms with Crippen LogP contribution in [0, 0.1) is 6.92 Å². The van der Waals surface area contributed by atoms with Gasteiger partial charge in [0.25, 0.3) is 11.8 Å². The first-order valence-corrected chi connectivity index (χ1v) is 20.6. The van der Waals surface area contributed by atoms with E-state index in [4.69, 9.17) is 18.9 Å². The predicted octanol–water partition coefficient (Wildman–Crippen LogP) is 9.81. The molecule has 0 aliphatic carbocycles. The summed E-state index contributed by atoms with van der Waals surface area (Å²) in [7, 11) is 4.47. The average Bonchev–Trinajstić information content (AvgIpc) is 3.69.